The zero-order chi connectivity index (χ0) is 22.1. The van der Waals surface area contributed by atoms with E-state index in [-0.39, 0.29) is 29.7 Å². The van der Waals surface area contributed by atoms with E-state index < -0.39 is 0 Å². The third-order valence-electron chi connectivity index (χ3n) is 6.65. The predicted molar refractivity (Wildman–Crippen MR) is 127 cm³/mol. The number of likely N-dealkylation sites (tertiary alicyclic amines) is 1. The standard InChI is InChI=1S/C23H33N3O3S2/c1-5-18-16(4)31-21-20(18)22(28)25(12-17-10-7-11-29-17)23(24-21)30-13-19(27)26-14(2)8-6-9-15(26)3/h14-15,17H,5-13H2,1-4H3. The van der Waals surface area contributed by atoms with E-state index in [9.17, 15) is 9.59 Å². The van der Waals surface area contributed by atoms with Crippen molar-refractivity contribution in [2.75, 3.05) is 12.4 Å². The molecular formula is C23H33N3O3S2. The Kier molecular flexibility index (Phi) is 7.08. The molecule has 2 saturated heterocycles. The van der Waals surface area contributed by atoms with Crippen molar-refractivity contribution in [3.05, 3.63) is 20.8 Å². The molecule has 2 aromatic heterocycles. The lowest BCUT2D eigenvalue weighted by Gasteiger charge is -2.39. The Labute approximate surface area is 192 Å². The van der Waals surface area contributed by atoms with E-state index in [4.69, 9.17) is 9.72 Å². The van der Waals surface area contributed by atoms with Crippen LogP contribution in [0, 0.1) is 6.92 Å². The number of nitrogens with zero attached hydrogens (tertiary/aromatic N) is 3. The third kappa shape index (κ3) is 4.57. The molecule has 2 fully saturated rings. The molecule has 1 amide bonds. The van der Waals surface area contributed by atoms with Crippen molar-refractivity contribution in [2.45, 2.75) is 96.1 Å². The van der Waals surface area contributed by atoms with Gasteiger partial charge in [0.15, 0.2) is 5.16 Å². The summed E-state index contributed by atoms with van der Waals surface area (Å²) >= 11 is 2.98. The summed E-state index contributed by atoms with van der Waals surface area (Å²) in [7, 11) is 0. The van der Waals surface area contributed by atoms with Crippen LogP contribution in [0.2, 0.25) is 0 Å². The first-order chi connectivity index (χ1) is 14.9. The lowest BCUT2D eigenvalue weighted by Crippen LogP contribution is -2.48. The maximum absolute atomic E-state index is 13.5. The van der Waals surface area contributed by atoms with Crippen molar-refractivity contribution in [1.29, 1.82) is 0 Å². The van der Waals surface area contributed by atoms with E-state index in [0.29, 0.717) is 17.5 Å². The second-order valence-electron chi connectivity index (χ2n) is 8.83. The Bertz CT molecular complexity index is 1000. The van der Waals surface area contributed by atoms with Crippen molar-refractivity contribution in [3.8, 4) is 0 Å². The van der Waals surface area contributed by atoms with Gasteiger partial charge in [-0.05, 0) is 64.9 Å². The second kappa shape index (κ2) is 9.63. The van der Waals surface area contributed by atoms with Crippen LogP contribution in [0.3, 0.4) is 0 Å². The highest BCUT2D eigenvalue weighted by atomic mass is 32.2. The van der Waals surface area contributed by atoms with Crippen molar-refractivity contribution in [1.82, 2.24) is 14.5 Å². The number of fused-ring (bicyclic) bond motifs is 1. The summed E-state index contributed by atoms with van der Waals surface area (Å²) in [5, 5.41) is 1.39. The molecule has 0 aliphatic carbocycles. The van der Waals surface area contributed by atoms with E-state index in [1.807, 2.05) is 4.90 Å². The highest BCUT2D eigenvalue weighted by Gasteiger charge is 2.29. The minimum atomic E-state index is 0.0105. The number of hydrogen-bond acceptors (Lipinski definition) is 6. The molecule has 170 valence electrons. The molecule has 0 N–H and O–H groups in total. The average Bonchev–Trinajstić information content (AvgIpc) is 3.35. The largest absolute Gasteiger partial charge is 0.376 e. The molecule has 0 aromatic carbocycles. The zero-order valence-corrected chi connectivity index (χ0v) is 20.6. The number of amides is 1. The van der Waals surface area contributed by atoms with Gasteiger partial charge in [0.2, 0.25) is 5.91 Å². The number of thiophene rings is 1. The fourth-order valence-corrected chi connectivity index (χ4v) is 7.07. The van der Waals surface area contributed by atoms with Crippen molar-refractivity contribution < 1.29 is 9.53 Å². The molecule has 2 aliphatic heterocycles. The molecule has 4 heterocycles. The summed E-state index contributed by atoms with van der Waals surface area (Å²) in [6.07, 6.45) is 6.14. The van der Waals surface area contributed by atoms with Crippen LogP contribution in [0.15, 0.2) is 9.95 Å². The van der Waals surface area contributed by atoms with Gasteiger partial charge in [-0.15, -0.1) is 11.3 Å². The SMILES string of the molecule is CCc1c(C)sc2nc(SCC(=O)N3C(C)CCCC3C)n(CC3CCCO3)c(=O)c12. The molecule has 0 radical (unpaired) electrons. The molecule has 31 heavy (non-hydrogen) atoms. The van der Waals surface area contributed by atoms with Gasteiger partial charge in [-0.25, -0.2) is 4.98 Å². The van der Waals surface area contributed by atoms with Crippen molar-refractivity contribution in [2.24, 2.45) is 0 Å². The van der Waals surface area contributed by atoms with E-state index >= 15 is 0 Å². The van der Waals surface area contributed by atoms with Gasteiger partial charge in [0.25, 0.3) is 5.56 Å². The van der Waals surface area contributed by atoms with Gasteiger partial charge in [-0.3, -0.25) is 14.2 Å². The zero-order valence-electron chi connectivity index (χ0n) is 19.0. The van der Waals surface area contributed by atoms with E-state index in [1.54, 1.807) is 15.9 Å². The monoisotopic (exact) mass is 463 g/mol. The summed E-state index contributed by atoms with van der Waals surface area (Å²) in [6, 6.07) is 0.543. The van der Waals surface area contributed by atoms with Gasteiger partial charge in [-0.2, -0.15) is 0 Å². The van der Waals surface area contributed by atoms with Crippen LogP contribution in [0.25, 0.3) is 10.2 Å². The minimum Gasteiger partial charge on any atom is -0.376 e. The Morgan fingerprint density at radius 2 is 1.97 bits per heavy atom. The second-order valence-corrected chi connectivity index (χ2v) is 11.0. The minimum absolute atomic E-state index is 0.0105. The number of rotatable bonds is 6. The van der Waals surface area contributed by atoms with Gasteiger partial charge in [0.05, 0.1) is 23.8 Å². The number of hydrogen-bond donors (Lipinski definition) is 0. The number of ether oxygens (including phenoxy) is 1. The Morgan fingerprint density at radius 3 is 2.61 bits per heavy atom. The molecule has 6 nitrogen and oxygen atoms in total. The smallest absolute Gasteiger partial charge is 0.263 e. The first kappa shape index (κ1) is 22.8. The topological polar surface area (TPSA) is 64.4 Å². The number of piperidine rings is 1. The molecule has 4 rings (SSSR count). The molecule has 0 bridgehead atoms. The van der Waals surface area contributed by atoms with E-state index in [0.717, 1.165) is 59.4 Å². The Morgan fingerprint density at radius 1 is 1.23 bits per heavy atom. The summed E-state index contributed by atoms with van der Waals surface area (Å²) in [5.41, 5.74) is 1.11. The quantitative estimate of drug-likeness (QED) is 0.470. The lowest BCUT2D eigenvalue weighted by molar-refractivity contribution is -0.134. The number of thioether (sulfide) groups is 1. The molecule has 2 aliphatic rings. The first-order valence-electron chi connectivity index (χ1n) is 11.5. The molecule has 3 atom stereocenters. The summed E-state index contributed by atoms with van der Waals surface area (Å²) in [4.78, 5) is 35.5. The van der Waals surface area contributed by atoms with Gasteiger partial charge in [-0.1, -0.05) is 18.7 Å². The molecule has 3 unspecified atom stereocenters. The van der Waals surface area contributed by atoms with Gasteiger partial charge in [0, 0.05) is 23.6 Å². The maximum atomic E-state index is 13.5. The number of carbonyl (C=O) groups is 1. The van der Waals surface area contributed by atoms with Crippen LogP contribution < -0.4 is 5.56 Å². The van der Waals surface area contributed by atoms with Crippen LogP contribution in [0.1, 0.15) is 63.3 Å². The van der Waals surface area contributed by atoms with Gasteiger partial charge >= 0.3 is 0 Å². The molecule has 0 saturated carbocycles. The molecule has 8 heteroatoms. The molecule has 2 aromatic rings. The highest BCUT2D eigenvalue weighted by molar-refractivity contribution is 7.99. The maximum Gasteiger partial charge on any atom is 0.263 e. The first-order valence-corrected chi connectivity index (χ1v) is 13.3. The summed E-state index contributed by atoms with van der Waals surface area (Å²) in [5.74, 6) is 0.447. The molecule has 0 spiro atoms. The number of aromatic nitrogens is 2. The third-order valence-corrected chi connectivity index (χ3v) is 8.65. The number of aryl methyl sites for hydroxylation is 2. The van der Waals surface area contributed by atoms with Crippen molar-refractivity contribution in [3.63, 3.8) is 0 Å². The molecular weight excluding hydrogens is 430 g/mol. The summed E-state index contributed by atoms with van der Waals surface area (Å²) in [6.45, 7) is 9.67. The highest BCUT2D eigenvalue weighted by Crippen LogP contribution is 2.31. The van der Waals surface area contributed by atoms with Crippen LogP contribution >= 0.6 is 23.1 Å². The summed E-state index contributed by atoms with van der Waals surface area (Å²) < 4.78 is 7.59. The Balaban J connectivity index is 1.65. The van der Waals surface area contributed by atoms with Crippen molar-refractivity contribution >= 4 is 39.2 Å². The van der Waals surface area contributed by atoms with E-state index in [1.165, 1.54) is 18.2 Å². The average molecular weight is 464 g/mol. The number of carbonyl (C=O) groups excluding carboxylic acids is 1. The van der Waals surface area contributed by atoms with Crippen LogP contribution in [-0.2, 0) is 22.5 Å². The lowest BCUT2D eigenvalue weighted by atomic mass is 9.98. The fourth-order valence-electron chi connectivity index (χ4n) is 5.03. The fraction of sp³-hybridized carbons (Fsp3) is 0.696. The van der Waals surface area contributed by atoms with Crippen LogP contribution in [0.4, 0.5) is 0 Å². The van der Waals surface area contributed by atoms with Crippen LogP contribution in [0.5, 0.6) is 0 Å². The van der Waals surface area contributed by atoms with E-state index in [2.05, 4.69) is 27.7 Å². The normalized spacial score (nSPS) is 24.3. The Hall–Kier alpha value is -1.38. The van der Waals surface area contributed by atoms with Gasteiger partial charge in [0.1, 0.15) is 4.83 Å². The van der Waals surface area contributed by atoms with Gasteiger partial charge < -0.3 is 9.64 Å². The van der Waals surface area contributed by atoms with Crippen LogP contribution in [-0.4, -0.2) is 50.9 Å². The predicted octanol–water partition coefficient (Wildman–Crippen LogP) is 4.39.